The van der Waals surface area contributed by atoms with Crippen LogP contribution in [0.4, 0.5) is 11.9 Å². The van der Waals surface area contributed by atoms with Gasteiger partial charge in [-0.05, 0) is 67.6 Å². The first-order chi connectivity index (χ1) is 19.9. The zero-order valence-corrected chi connectivity index (χ0v) is 24.3. The molecule has 0 bridgehead atoms. The predicted molar refractivity (Wildman–Crippen MR) is 160 cm³/mol. The van der Waals surface area contributed by atoms with Crippen LogP contribution in [0.15, 0.2) is 43.1 Å². The monoisotopic (exact) mass is 558 g/mol. The summed E-state index contributed by atoms with van der Waals surface area (Å²) in [5.41, 5.74) is 3.97. The number of ketones is 2. The smallest absolute Gasteiger partial charge is 0.229 e. The Balaban J connectivity index is 1.24. The molecule has 2 aromatic heterocycles. The number of ether oxygens (including phenoxy) is 1. The molecule has 9 nitrogen and oxygen atoms in total. The molecule has 1 aliphatic carbocycles. The van der Waals surface area contributed by atoms with E-state index < -0.39 is 0 Å². The molecule has 41 heavy (non-hydrogen) atoms. The maximum absolute atomic E-state index is 13.1. The molecule has 1 aromatic carbocycles. The molecule has 9 heteroatoms. The van der Waals surface area contributed by atoms with Gasteiger partial charge < -0.3 is 15.4 Å². The molecule has 3 heterocycles. The number of hydrogen-bond donors (Lipinski definition) is 2. The summed E-state index contributed by atoms with van der Waals surface area (Å²) in [5, 5.41) is 11.6. The summed E-state index contributed by atoms with van der Waals surface area (Å²) in [6.07, 6.45) is 9.73. The fourth-order valence-electron chi connectivity index (χ4n) is 5.94. The van der Waals surface area contributed by atoms with Crippen molar-refractivity contribution in [2.75, 3.05) is 23.8 Å². The second-order valence-corrected chi connectivity index (χ2v) is 11.8. The number of fused-ring (bicyclic) bond motifs is 1. The summed E-state index contributed by atoms with van der Waals surface area (Å²) in [7, 11) is 0. The Kier molecular flexibility index (Phi) is 9.44. The standard InChI is InChI=1S/C32H42N6O3/c1-4-27(39)17-22-8-10-25(11-9-22)29(40)18-23-6-5-7-24(16-23)19-33-32-37-31(35-26-12-14-41-15-13-26)36-30-28(21(2)3)20-34-38(30)32/h4-7,16,20-22,25-26H,1,8-15,17-19H2,2-3H3,(H2,33,35,36,37). The fourth-order valence-corrected chi connectivity index (χ4v) is 5.94. The average molecular weight is 559 g/mol. The van der Waals surface area contributed by atoms with E-state index in [1.807, 2.05) is 18.3 Å². The molecule has 0 spiro atoms. The van der Waals surface area contributed by atoms with Crippen LogP contribution in [0.5, 0.6) is 0 Å². The lowest BCUT2D eigenvalue weighted by molar-refractivity contribution is -0.123. The van der Waals surface area contributed by atoms with Crippen molar-refractivity contribution in [3.05, 3.63) is 59.8 Å². The fraction of sp³-hybridized carbons (Fsp3) is 0.531. The van der Waals surface area contributed by atoms with Crippen molar-refractivity contribution < 1.29 is 14.3 Å². The minimum absolute atomic E-state index is 0.0813. The molecular weight excluding hydrogens is 516 g/mol. The Hall–Kier alpha value is -3.59. The number of anilines is 2. The van der Waals surface area contributed by atoms with Gasteiger partial charge in [0.2, 0.25) is 11.9 Å². The van der Waals surface area contributed by atoms with E-state index in [9.17, 15) is 9.59 Å². The normalized spacial score (nSPS) is 19.8. The van der Waals surface area contributed by atoms with E-state index in [1.165, 1.54) is 6.08 Å². The summed E-state index contributed by atoms with van der Waals surface area (Å²) in [6.45, 7) is 9.88. The van der Waals surface area contributed by atoms with Gasteiger partial charge in [-0.1, -0.05) is 44.7 Å². The number of carbonyl (C=O) groups excluding carboxylic acids is 2. The van der Waals surface area contributed by atoms with E-state index in [-0.39, 0.29) is 23.7 Å². The van der Waals surface area contributed by atoms with E-state index in [0.29, 0.717) is 43.0 Å². The maximum atomic E-state index is 13.1. The summed E-state index contributed by atoms with van der Waals surface area (Å²) in [6, 6.07) is 8.47. The Morgan fingerprint density at radius 3 is 2.59 bits per heavy atom. The average Bonchev–Trinajstić information content (AvgIpc) is 3.41. The first-order valence-corrected chi connectivity index (χ1v) is 15.0. The number of Topliss-reactive ketones (excluding diaryl/α,β-unsaturated/α-hetero) is 1. The highest BCUT2D eigenvalue weighted by atomic mass is 16.5. The zero-order chi connectivity index (χ0) is 28.8. The largest absolute Gasteiger partial charge is 0.381 e. The van der Waals surface area contributed by atoms with Gasteiger partial charge in [0.15, 0.2) is 11.4 Å². The molecular formula is C32H42N6O3. The third-order valence-electron chi connectivity index (χ3n) is 8.41. The lowest BCUT2D eigenvalue weighted by atomic mass is 9.77. The zero-order valence-electron chi connectivity index (χ0n) is 24.3. The lowest BCUT2D eigenvalue weighted by Gasteiger charge is -2.27. The number of rotatable bonds is 12. The summed E-state index contributed by atoms with van der Waals surface area (Å²) >= 11 is 0. The van der Waals surface area contributed by atoms with Crippen LogP contribution in [-0.4, -0.2) is 50.4 Å². The van der Waals surface area contributed by atoms with E-state index >= 15 is 0 Å². The molecule has 2 fully saturated rings. The van der Waals surface area contributed by atoms with Gasteiger partial charge in [-0.25, -0.2) is 0 Å². The highest BCUT2D eigenvalue weighted by Gasteiger charge is 2.27. The molecule has 3 aromatic rings. The van der Waals surface area contributed by atoms with Crippen molar-refractivity contribution >= 4 is 29.1 Å². The molecule has 1 aliphatic heterocycles. The van der Waals surface area contributed by atoms with Gasteiger partial charge in [-0.3, -0.25) is 9.59 Å². The number of benzene rings is 1. The van der Waals surface area contributed by atoms with Crippen LogP contribution in [0.2, 0.25) is 0 Å². The molecule has 5 rings (SSSR count). The van der Waals surface area contributed by atoms with E-state index in [0.717, 1.165) is 74.1 Å². The van der Waals surface area contributed by atoms with Gasteiger partial charge in [0.25, 0.3) is 0 Å². The van der Waals surface area contributed by atoms with Crippen molar-refractivity contribution in [2.24, 2.45) is 11.8 Å². The maximum Gasteiger partial charge on any atom is 0.229 e. The van der Waals surface area contributed by atoms with Gasteiger partial charge in [-0.15, -0.1) is 0 Å². The van der Waals surface area contributed by atoms with Gasteiger partial charge in [0, 0.05) is 50.1 Å². The number of carbonyl (C=O) groups is 2. The SMILES string of the molecule is C=CC(=O)CC1CCC(C(=O)Cc2cccc(CNc3nc(NC4CCOCC4)nc4c(C(C)C)cnn34)c2)CC1. The predicted octanol–water partition coefficient (Wildman–Crippen LogP) is 5.51. The van der Waals surface area contributed by atoms with Crippen LogP contribution in [0.1, 0.15) is 81.4 Å². The van der Waals surface area contributed by atoms with Gasteiger partial charge in [-0.2, -0.15) is 19.6 Å². The molecule has 1 saturated carbocycles. The molecule has 1 saturated heterocycles. The second kappa shape index (κ2) is 13.4. The minimum Gasteiger partial charge on any atom is -0.381 e. The van der Waals surface area contributed by atoms with E-state index in [4.69, 9.17) is 14.7 Å². The molecule has 2 N–H and O–H groups in total. The lowest BCUT2D eigenvalue weighted by Crippen LogP contribution is -2.29. The van der Waals surface area contributed by atoms with Crippen molar-refractivity contribution in [1.29, 1.82) is 0 Å². The Labute approximate surface area is 242 Å². The minimum atomic E-state index is 0.0813. The Bertz CT molecular complexity index is 1370. The second-order valence-electron chi connectivity index (χ2n) is 11.8. The van der Waals surface area contributed by atoms with Crippen LogP contribution < -0.4 is 10.6 Å². The Morgan fingerprint density at radius 1 is 1.10 bits per heavy atom. The van der Waals surface area contributed by atoms with Gasteiger partial charge in [0.05, 0.1) is 6.20 Å². The van der Waals surface area contributed by atoms with Crippen LogP contribution in [0, 0.1) is 11.8 Å². The highest BCUT2D eigenvalue weighted by Crippen LogP contribution is 2.32. The highest BCUT2D eigenvalue weighted by molar-refractivity contribution is 5.89. The summed E-state index contributed by atoms with van der Waals surface area (Å²) < 4.78 is 7.28. The first-order valence-electron chi connectivity index (χ1n) is 15.0. The molecule has 0 amide bonds. The summed E-state index contributed by atoms with van der Waals surface area (Å²) in [5.74, 6) is 2.37. The molecule has 2 aliphatic rings. The summed E-state index contributed by atoms with van der Waals surface area (Å²) in [4.78, 5) is 34.4. The number of aromatic nitrogens is 4. The third kappa shape index (κ3) is 7.38. The van der Waals surface area contributed by atoms with Gasteiger partial charge >= 0.3 is 0 Å². The number of nitrogens with zero attached hydrogens (tertiary/aromatic N) is 4. The topological polar surface area (TPSA) is 111 Å². The van der Waals surface area contributed by atoms with Crippen molar-refractivity contribution in [3.8, 4) is 0 Å². The van der Waals surface area contributed by atoms with Crippen molar-refractivity contribution in [1.82, 2.24) is 19.6 Å². The molecule has 218 valence electrons. The quantitative estimate of drug-likeness (QED) is 0.280. The third-order valence-corrected chi connectivity index (χ3v) is 8.41. The van der Waals surface area contributed by atoms with Gasteiger partial charge in [0.1, 0.15) is 5.78 Å². The van der Waals surface area contributed by atoms with Crippen molar-refractivity contribution in [2.45, 2.75) is 83.7 Å². The molecule has 0 atom stereocenters. The van der Waals surface area contributed by atoms with E-state index in [2.05, 4.69) is 48.3 Å². The number of hydrogen-bond acceptors (Lipinski definition) is 8. The number of nitrogens with one attached hydrogen (secondary N) is 2. The molecule has 0 unspecified atom stereocenters. The van der Waals surface area contributed by atoms with Crippen LogP contribution in [-0.2, 0) is 27.3 Å². The van der Waals surface area contributed by atoms with Crippen LogP contribution in [0.25, 0.3) is 5.65 Å². The Morgan fingerprint density at radius 2 is 1.85 bits per heavy atom. The number of allylic oxidation sites excluding steroid dienone is 1. The van der Waals surface area contributed by atoms with E-state index in [1.54, 1.807) is 4.52 Å². The van der Waals surface area contributed by atoms with Crippen molar-refractivity contribution in [3.63, 3.8) is 0 Å². The first kappa shape index (κ1) is 28.9. The van der Waals surface area contributed by atoms with Crippen LogP contribution >= 0.6 is 0 Å². The van der Waals surface area contributed by atoms with Crippen LogP contribution in [0.3, 0.4) is 0 Å². The molecule has 0 radical (unpaired) electrons.